The highest BCUT2D eigenvalue weighted by atomic mass is 16.6. The summed E-state index contributed by atoms with van der Waals surface area (Å²) in [5.74, 6) is -0.551. The maximum atomic E-state index is 12.5. The van der Waals surface area contributed by atoms with E-state index in [1.165, 1.54) is 48.9 Å². The van der Waals surface area contributed by atoms with Crippen LogP contribution in [-0.2, 0) is 10.3 Å². The molecule has 0 bridgehead atoms. The highest BCUT2D eigenvalue weighted by Crippen LogP contribution is 2.17. The van der Waals surface area contributed by atoms with Crippen LogP contribution < -0.4 is 11.0 Å². The molecule has 0 unspecified atom stereocenters. The van der Waals surface area contributed by atoms with Crippen LogP contribution in [0.25, 0.3) is 17.1 Å². The predicted molar refractivity (Wildman–Crippen MR) is 103 cm³/mol. The molecule has 2 aromatic heterocycles. The van der Waals surface area contributed by atoms with Gasteiger partial charge in [0.25, 0.3) is 17.2 Å². The number of benzene rings is 1. The van der Waals surface area contributed by atoms with Crippen molar-refractivity contribution in [2.75, 3.05) is 5.43 Å². The zero-order valence-electron chi connectivity index (χ0n) is 15.5. The Balaban J connectivity index is 1.78. The molecule has 0 fully saturated rings. The minimum atomic E-state index is -0.551. The maximum Gasteiger partial charge on any atom is 0.283 e. The van der Waals surface area contributed by atoms with Crippen LogP contribution in [0, 0.1) is 10.1 Å². The predicted octanol–water partition coefficient (Wildman–Crippen LogP) is 2.04. The smallest absolute Gasteiger partial charge is 0.268 e. The lowest BCUT2D eigenvalue weighted by atomic mass is 10.1. The molecule has 0 saturated carbocycles. The van der Waals surface area contributed by atoms with E-state index in [-0.39, 0.29) is 16.6 Å². The highest BCUT2D eigenvalue weighted by Gasteiger charge is 2.19. The number of nitrogens with one attached hydrogen (secondary N) is 1. The molecular formula is C18H18N6O4. The molecule has 1 amide bonds. The number of carbonyl (C=O) groups is 1. The Morgan fingerprint density at radius 1 is 1.25 bits per heavy atom. The number of hydrogen-bond donors (Lipinski definition) is 1. The van der Waals surface area contributed by atoms with Crippen LogP contribution in [0.1, 0.15) is 26.3 Å². The molecule has 1 N–H and O–H groups in total. The van der Waals surface area contributed by atoms with Crippen LogP contribution in [0.2, 0.25) is 0 Å². The van der Waals surface area contributed by atoms with Gasteiger partial charge in [0, 0.05) is 18.2 Å². The van der Waals surface area contributed by atoms with Crippen molar-refractivity contribution in [1.29, 1.82) is 0 Å². The summed E-state index contributed by atoms with van der Waals surface area (Å²) in [6.07, 6.45) is 5.35. The lowest BCUT2D eigenvalue weighted by Gasteiger charge is -2.19. The number of rotatable bonds is 4. The van der Waals surface area contributed by atoms with Gasteiger partial charge in [-0.2, -0.15) is 5.10 Å². The fourth-order valence-electron chi connectivity index (χ4n) is 2.52. The average molecular weight is 382 g/mol. The number of carbonyl (C=O) groups excluding carboxylic acids is 1. The van der Waals surface area contributed by atoms with Crippen molar-refractivity contribution in [3.8, 4) is 0 Å². The van der Waals surface area contributed by atoms with Crippen molar-refractivity contribution < 1.29 is 9.72 Å². The molecule has 0 atom stereocenters. The zero-order chi connectivity index (χ0) is 20.5. The summed E-state index contributed by atoms with van der Waals surface area (Å²) in [5.41, 5.74) is 2.63. The molecule has 10 nitrogen and oxygen atoms in total. The van der Waals surface area contributed by atoms with Crippen molar-refractivity contribution in [3.05, 3.63) is 68.9 Å². The first-order chi connectivity index (χ1) is 13.2. The molecule has 2 heterocycles. The molecule has 3 rings (SSSR count). The number of amides is 1. The maximum absolute atomic E-state index is 12.5. The van der Waals surface area contributed by atoms with Gasteiger partial charge in [0.05, 0.1) is 16.7 Å². The third-order valence-corrected chi connectivity index (χ3v) is 3.89. The van der Waals surface area contributed by atoms with Crippen LogP contribution in [0.3, 0.4) is 0 Å². The highest BCUT2D eigenvalue weighted by molar-refractivity contribution is 5.97. The van der Waals surface area contributed by atoms with Crippen molar-refractivity contribution in [3.63, 3.8) is 0 Å². The molecule has 0 aliphatic rings. The summed E-state index contributed by atoms with van der Waals surface area (Å²) in [4.78, 5) is 39.0. The lowest BCUT2D eigenvalue weighted by Crippen LogP contribution is -2.32. The lowest BCUT2D eigenvalue weighted by molar-refractivity contribution is -0.384. The van der Waals surface area contributed by atoms with Crippen molar-refractivity contribution >= 4 is 28.7 Å². The fraction of sp³-hybridized carbons (Fsp3) is 0.222. The van der Waals surface area contributed by atoms with Crippen LogP contribution in [0.15, 0.2) is 47.7 Å². The van der Waals surface area contributed by atoms with E-state index in [4.69, 9.17) is 0 Å². The SMILES string of the molecule is CC(C)(C)n1ncc2c(=O)n(NC(=O)/C=C/c3ccc([N+](=O)[O-])cc3)cnc21. The van der Waals surface area contributed by atoms with E-state index >= 15 is 0 Å². The molecule has 28 heavy (non-hydrogen) atoms. The van der Waals surface area contributed by atoms with Gasteiger partial charge in [0.2, 0.25) is 0 Å². The largest absolute Gasteiger partial charge is 0.283 e. The standard InChI is InChI=1S/C18H18N6O4/c1-18(2,3)23-16-14(10-20-23)17(26)22(11-19-16)21-15(25)9-6-12-4-7-13(8-5-12)24(27)28/h4-11H,1-3H3,(H,21,25)/b9-6+. The third-order valence-electron chi connectivity index (χ3n) is 3.89. The number of non-ortho nitro benzene ring substituents is 1. The first kappa shape index (κ1) is 19.0. The Labute approximate surface area is 159 Å². The van der Waals surface area contributed by atoms with E-state index in [0.717, 1.165) is 4.68 Å². The molecule has 10 heteroatoms. The van der Waals surface area contributed by atoms with Gasteiger partial charge in [-0.05, 0) is 44.5 Å². The van der Waals surface area contributed by atoms with Gasteiger partial charge in [-0.25, -0.2) is 14.3 Å². The third kappa shape index (κ3) is 3.80. The van der Waals surface area contributed by atoms with E-state index in [1.807, 2.05) is 20.8 Å². The van der Waals surface area contributed by atoms with Crippen LogP contribution in [0.4, 0.5) is 5.69 Å². The first-order valence-corrected chi connectivity index (χ1v) is 8.36. The molecule has 0 spiro atoms. The zero-order valence-corrected chi connectivity index (χ0v) is 15.5. The molecule has 0 radical (unpaired) electrons. The Bertz CT molecular complexity index is 1140. The topological polar surface area (TPSA) is 125 Å². The van der Waals surface area contributed by atoms with E-state index < -0.39 is 16.4 Å². The minimum absolute atomic E-state index is 0.0386. The van der Waals surface area contributed by atoms with Crippen LogP contribution in [0.5, 0.6) is 0 Å². The van der Waals surface area contributed by atoms with Gasteiger partial charge in [-0.1, -0.05) is 0 Å². The number of nitro groups is 1. The summed E-state index contributed by atoms with van der Waals surface area (Å²) in [6, 6.07) is 5.71. The number of fused-ring (bicyclic) bond motifs is 1. The van der Waals surface area contributed by atoms with Gasteiger partial charge in [-0.3, -0.25) is 25.1 Å². The second-order valence-electron chi connectivity index (χ2n) is 7.04. The van der Waals surface area contributed by atoms with E-state index in [0.29, 0.717) is 11.2 Å². The van der Waals surface area contributed by atoms with E-state index in [2.05, 4.69) is 15.5 Å². The molecule has 144 valence electrons. The first-order valence-electron chi connectivity index (χ1n) is 8.36. The number of hydrogen-bond acceptors (Lipinski definition) is 6. The molecule has 0 aliphatic heterocycles. The number of nitro benzene ring substituents is 1. The fourth-order valence-corrected chi connectivity index (χ4v) is 2.52. The number of aromatic nitrogens is 4. The normalized spacial score (nSPS) is 11.8. The second-order valence-corrected chi connectivity index (χ2v) is 7.04. The van der Waals surface area contributed by atoms with Gasteiger partial charge >= 0.3 is 0 Å². The summed E-state index contributed by atoms with van der Waals surface area (Å²) in [6.45, 7) is 5.83. The molecule has 0 saturated heterocycles. The summed E-state index contributed by atoms with van der Waals surface area (Å²) < 4.78 is 2.63. The van der Waals surface area contributed by atoms with Gasteiger partial charge in [0.1, 0.15) is 11.7 Å². The Kier molecular flexibility index (Phi) is 4.78. The van der Waals surface area contributed by atoms with E-state index in [9.17, 15) is 19.7 Å². The van der Waals surface area contributed by atoms with Gasteiger partial charge in [0.15, 0.2) is 5.65 Å². The van der Waals surface area contributed by atoms with Crippen molar-refractivity contribution in [2.24, 2.45) is 0 Å². The molecule has 0 aliphatic carbocycles. The number of nitrogens with zero attached hydrogens (tertiary/aromatic N) is 5. The molecular weight excluding hydrogens is 364 g/mol. The average Bonchev–Trinajstić information content (AvgIpc) is 3.08. The molecule has 3 aromatic rings. The van der Waals surface area contributed by atoms with Crippen molar-refractivity contribution in [1.82, 2.24) is 19.4 Å². The van der Waals surface area contributed by atoms with Gasteiger partial charge < -0.3 is 0 Å². The quantitative estimate of drug-likeness (QED) is 0.418. The van der Waals surface area contributed by atoms with Crippen LogP contribution in [-0.4, -0.2) is 30.3 Å². The summed E-state index contributed by atoms with van der Waals surface area (Å²) >= 11 is 0. The Morgan fingerprint density at radius 3 is 2.54 bits per heavy atom. The van der Waals surface area contributed by atoms with Crippen molar-refractivity contribution in [2.45, 2.75) is 26.3 Å². The minimum Gasteiger partial charge on any atom is -0.268 e. The van der Waals surface area contributed by atoms with Crippen LogP contribution >= 0.6 is 0 Å². The Morgan fingerprint density at radius 2 is 1.93 bits per heavy atom. The summed E-state index contributed by atoms with van der Waals surface area (Å²) in [7, 11) is 0. The van der Waals surface area contributed by atoms with E-state index in [1.54, 1.807) is 4.68 Å². The molecule has 1 aromatic carbocycles. The monoisotopic (exact) mass is 382 g/mol. The Hall–Kier alpha value is -3.82. The second kappa shape index (κ2) is 7.06. The van der Waals surface area contributed by atoms with Gasteiger partial charge in [-0.15, -0.1) is 0 Å². The summed E-state index contributed by atoms with van der Waals surface area (Å²) in [5, 5.41) is 15.1.